The largest absolute Gasteiger partial charge is 0.494 e. The van der Waals surface area contributed by atoms with Gasteiger partial charge in [0.1, 0.15) is 5.75 Å². The SMILES string of the molecule is CCCOc1ccc(N2CC(C(=O)OCC(=O)Nc3ccc(Br)c(C)c3)CC2=O)cc1. The van der Waals surface area contributed by atoms with Crippen molar-refractivity contribution in [1.82, 2.24) is 0 Å². The molecular weight excluding hydrogens is 464 g/mol. The highest BCUT2D eigenvalue weighted by molar-refractivity contribution is 9.10. The lowest BCUT2D eigenvalue weighted by atomic mass is 10.1. The van der Waals surface area contributed by atoms with E-state index in [1.54, 1.807) is 35.2 Å². The molecule has 164 valence electrons. The number of nitrogens with zero attached hydrogens (tertiary/aromatic N) is 1. The maximum atomic E-state index is 12.4. The fraction of sp³-hybridized carbons (Fsp3) is 0.348. The monoisotopic (exact) mass is 488 g/mol. The standard InChI is InChI=1S/C23H25BrN2O5/c1-3-10-30-19-7-5-18(6-8-19)26-13-16(12-22(26)28)23(29)31-14-21(27)25-17-4-9-20(24)15(2)11-17/h4-9,11,16H,3,10,12-14H2,1-2H3,(H,25,27). The lowest BCUT2D eigenvalue weighted by Crippen LogP contribution is -2.28. The van der Waals surface area contributed by atoms with Gasteiger partial charge in [-0.15, -0.1) is 0 Å². The zero-order valence-electron chi connectivity index (χ0n) is 17.5. The molecule has 7 nitrogen and oxygen atoms in total. The van der Waals surface area contributed by atoms with Crippen LogP contribution in [0.15, 0.2) is 46.9 Å². The minimum absolute atomic E-state index is 0.0560. The van der Waals surface area contributed by atoms with E-state index in [0.29, 0.717) is 18.0 Å². The van der Waals surface area contributed by atoms with Crippen LogP contribution in [0.3, 0.4) is 0 Å². The Morgan fingerprint density at radius 1 is 1.19 bits per heavy atom. The fourth-order valence-corrected chi connectivity index (χ4v) is 3.48. The number of aryl methyl sites for hydroxylation is 1. The molecule has 8 heteroatoms. The quantitative estimate of drug-likeness (QED) is 0.565. The van der Waals surface area contributed by atoms with E-state index < -0.39 is 24.4 Å². The summed E-state index contributed by atoms with van der Waals surface area (Å²) in [7, 11) is 0. The Morgan fingerprint density at radius 2 is 1.94 bits per heavy atom. The zero-order chi connectivity index (χ0) is 22.4. The van der Waals surface area contributed by atoms with Gasteiger partial charge in [0, 0.05) is 28.8 Å². The predicted molar refractivity (Wildman–Crippen MR) is 121 cm³/mol. The van der Waals surface area contributed by atoms with Crippen molar-refractivity contribution < 1.29 is 23.9 Å². The van der Waals surface area contributed by atoms with Crippen LogP contribution in [0.2, 0.25) is 0 Å². The molecule has 1 unspecified atom stereocenters. The molecule has 1 aliphatic rings. The van der Waals surface area contributed by atoms with Gasteiger partial charge < -0.3 is 19.7 Å². The summed E-state index contributed by atoms with van der Waals surface area (Å²) in [5.41, 5.74) is 2.30. The molecule has 0 spiro atoms. The number of amides is 2. The maximum absolute atomic E-state index is 12.4. The van der Waals surface area contributed by atoms with Gasteiger partial charge in [0.15, 0.2) is 6.61 Å². The lowest BCUT2D eigenvalue weighted by molar-refractivity contribution is -0.151. The molecule has 0 radical (unpaired) electrons. The molecule has 1 fully saturated rings. The van der Waals surface area contributed by atoms with Gasteiger partial charge in [-0.2, -0.15) is 0 Å². The number of ether oxygens (including phenoxy) is 2. The predicted octanol–water partition coefficient (Wildman–Crippen LogP) is 4.08. The Labute approximate surface area is 189 Å². The Morgan fingerprint density at radius 3 is 2.61 bits per heavy atom. The van der Waals surface area contributed by atoms with Crippen LogP contribution in [0.1, 0.15) is 25.3 Å². The van der Waals surface area contributed by atoms with Crippen LogP contribution in [0.4, 0.5) is 11.4 Å². The first-order valence-electron chi connectivity index (χ1n) is 10.1. The van der Waals surface area contributed by atoms with Crippen LogP contribution in [-0.2, 0) is 19.1 Å². The van der Waals surface area contributed by atoms with E-state index in [1.165, 1.54) is 0 Å². The smallest absolute Gasteiger partial charge is 0.311 e. The van der Waals surface area contributed by atoms with Crippen molar-refractivity contribution in [3.05, 3.63) is 52.5 Å². The molecule has 1 atom stereocenters. The Kier molecular flexibility index (Phi) is 7.68. The number of nitrogens with one attached hydrogen (secondary N) is 1. The molecule has 0 aliphatic carbocycles. The summed E-state index contributed by atoms with van der Waals surface area (Å²) in [5.74, 6) is -1.01. The van der Waals surface area contributed by atoms with Gasteiger partial charge in [-0.1, -0.05) is 22.9 Å². The number of esters is 1. The maximum Gasteiger partial charge on any atom is 0.311 e. The van der Waals surface area contributed by atoms with Crippen molar-refractivity contribution in [3.8, 4) is 5.75 Å². The van der Waals surface area contributed by atoms with Gasteiger partial charge in [-0.25, -0.2) is 0 Å². The summed E-state index contributed by atoms with van der Waals surface area (Å²) in [5, 5.41) is 2.69. The topological polar surface area (TPSA) is 84.9 Å². The Bertz CT molecular complexity index is 961. The number of rotatable bonds is 8. The number of hydrogen-bond donors (Lipinski definition) is 1. The number of carbonyl (C=O) groups excluding carboxylic acids is 3. The van der Waals surface area contributed by atoms with Crippen molar-refractivity contribution in [2.24, 2.45) is 5.92 Å². The number of carbonyl (C=O) groups is 3. The third-order valence-corrected chi connectivity index (χ3v) is 5.76. The highest BCUT2D eigenvalue weighted by atomic mass is 79.9. The molecule has 0 saturated carbocycles. The lowest BCUT2D eigenvalue weighted by Gasteiger charge is -2.17. The first kappa shape index (κ1) is 22.8. The van der Waals surface area contributed by atoms with E-state index in [2.05, 4.69) is 21.2 Å². The molecule has 2 amide bonds. The Hall–Kier alpha value is -2.87. The van der Waals surface area contributed by atoms with E-state index in [1.807, 2.05) is 26.0 Å². The third-order valence-electron chi connectivity index (χ3n) is 4.87. The number of hydrogen-bond acceptors (Lipinski definition) is 5. The van der Waals surface area contributed by atoms with Gasteiger partial charge in [-0.3, -0.25) is 14.4 Å². The van der Waals surface area contributed by atoms with Crippen LogP contribution in [0, 0.1) is 12.8 Å². The van der Waals surface area contributed by atoms with Crippen molar-refractivity contribution in [1.29, 1.82) is 0 Å². The van der Waals surface area contributed by atoms with E-state index in [0.717, 1.165) is 22.2 Å². The van der Waals surface area contributed by atoms with Crippen molar-refractivity contribution in [2.75, 3.05) is 30.0 Å². The van der Waals surface area contributed by atoms with Crippen LogP contribution >= 0.6 is 15.9 Å². The highest BCUT2D eigenvalue weighted by Crippen LogP contribution is 2.27. The van der Waals surface area contributed by atoms with Gasteiger partial charge in [0.2, 0.25) is 5.91 Å². The second-order valence-electron chi connectivity index (χ2n) is 7.37. The van der Waals surface area contributed by atoms with Gasteiger partial charge in [-0.05, 0) is 61.4 Å². The zero-order valence-corrected chi connectivity index (χ0v) is 19.1. The summed E-state index contributed by atoms with van der Waals surface area (Å²) >= 11 is 3.40. The molecule has 0 aromatic heterocycles. The number of halogens is 1. The third kappa shape index (κ3) is 6.07. The number of anilines is 2. The molecule has 1 heterocycles. The van der Waals surface area contributed by atoms with Crippen molar-refractivity contribution >= 4 is 45.1 Å². The minimum Gasteiger partial charge on any atom is -0.494 e. The summed E-state index contributed by atoms with van der Waals surface area (Å²) in [4.78, 5) is 38.4. The van der Waals surface area contributed by atoms with E-state index >= 15 is 0 Å². The summed E-state index contributed by atoms with van der Waals surface area (Å²) in [6, 6.07) is 12.6. The first-order valence-corrected chi connectivity index (χ1v) is 10.9. The van der Waals surface area contributed by atoms with E-state index in [4.69, 9.17) is 9.47 Å². The molecule has 3 rings (SSSR count). The molecular formula is C23H25BrN2O5. The fourth-order valence-electron chi connectivity index (χ4n) is 3.23. The van der Waals surface area contributed by atoms with Gasteiger partial charge >= 0.3 is 5.97 Å². The van der Waals surface area contributed by atoms with Gasteiger partial charge in [0.25, 0.3) is 5.91 Å². The van der Waals surface area contributed by atoms with Crippen LogP contribution in [-0.4, -0.2) is 37.5 Å². The summed E-state index contributed by atoms with van der Waals surface area (Å²) < 4.78 is 11.6. The van der Waals surface area contributed by atoms with Crippen LogP contribution < -0.4 is 15.0 Å². The molecule has 2 aromatic rings. The molecule has 1 aliphatic heterocycles. The Balaban J connectivity index is 1.50. The number of benzene rings is 2. The molecule has 1 N–H and O–H groups in total. The first-order chi connectivity index (χ1) is 14.9. The van der Waals surface area contributed by atoms with E-state index in [-0.39, 0.29) is 18.9 Å². The molecule has 31 heavy (non-hydrogen) atoms. The average molecular weight is 489 g/mol. The van der Waals surface area contributed by atoms with Crippen molar-refractivity contribution in [3.63, 3.8) is 0 Å². The molecule has 2 aromatic carbocycles. The second-order valence-corrected chi connectivity index (χ2v) is 8.22. The van der Waals surface area contributed by atoms with Crippen LogP contribution in [0.5, 0.6) is 5.75 Å². The van der Waals surface area contributed by atoms with Crippen molar-refractivity contribution in [2.45, 2.75) is 26.7 Å². The molecule has 1 saturated heterocycles. The average Bonchev–Trinajstić information content (AvgIpc) is 3.15. The normalized spacial score (nSPS) is 15.6. The highest BCUT2D eigenvalue weighted by Gasteiger charge is 2.36. The van der Waals surface area contributed by atoms with Gasteiger partial charge in [0.05, 0.1) is 12.5 Å². The second kappa shape index (κ2) is 10.4. The van der Waals surface area contributed by atoms with Crippen LogP contribution in [0.25, 0.3) is 0 Å². The summed E-state index contributed by atoms with van der Waals surface area (Å²) in [6.45, 7) is 4.39. The van der Waals surface area contributed by atoms with E-state index in [9.17, 15) is 14.4 Å². The minimum atomic E-state index is -0.605. The summed E-state index contributed by atoms with van der Waals surface area (Å²) in [6.07, 6.45) is 0.970. The molecule has 0 bridgehead atoms.